The van der Waals surface area contributed by atoms with E-state index in [-0.39, 0.29) is 11.8 Å². The topological polar surface area (TPSA) is 115 Å². The second-order valence-corrected chi connectivity index (χ2v) is 10.4. The average Bonchev–Trinajstić information content (AvgIpc) is 3.63. The number of rotatable bonds is 12. The van der Waals surface area contributed by atoms with E-state index in [1.807, 2.05) is 31.3 Å². The predicted molar refractivity (Wildman–Crippen MR) is 159 cm³/mol. The molecule has 3 N–H and O–H groups in total. The fourth-order valence-corrected chi connectivity index (χ4v) is 3.92. The molecule has 0 saturated heterocycles. The Hall–Kier alpha value is -4.23. The van der Waals surface area contributed by atoms with E-state index in [9.17, 15) is 9.59 Å². The molecule has 210 valence electrons. The van der Waals surface area contributed by atoms with Crippen LogP contribution in [0.1, 0.15) is 49.3 Å². The van der Waals surface area contributed by atoms with Gasteiger partial charge in [-0.15, -0.1) is 0 Å². The lowest BCUT2D eigenvalue weighted by molar-refractivity contribution is -0.135. The first-order valence-corrected chi connectivity index (χ1v) is 13.7. The molecular weight excluding hydrogens is 504 g/mol. The van der Waals surface area contributed by atoms with Gasteiger partial charge in [0.05, 0.1) is 18.3 Å². The van der Waals surface area contributed by atoms with Crippen LogP contribution in [0.4, 0.5) is 17.5 Å². The van der Waals surface area contributed by atoms with Crippen molar-refractivity contribution in [1.29, 1.82) is 0 Å². The molecule has 1 atom stereocenters. The van der Waals surface area contributed by atoms with Crippen LogP contribution in [0.15, 0.2) is 41.5 Å². The molecular formula is C30H38N8O2. The molecule has 1 saturated carbocycles. The number of benzene rings is 1. The number of nitrogens with zero attached hydrogens (tertiary/aromatic N) is 5. The highest BCUT2D eigenvalue weighted by atomic mass is 16.2. The Bertz CT molecular complexity index is 1340. The molecule has 2 heterocycles. The van der Waals surface area contributed by atoms with Crippen LogP contribution in [0, 0.1) is 11.8 Å². The number of unbranched alkanes of at least 4 members (excludes halogenated alkanes) is 1. The monoisotopic (exact) mass is 542 g/mol. The molecule has 40 heavy (non-hydrogen) atoms. The lowest BCUT2D eigenvalue weighted by Gasteiger charge is -2.23. The smallest absolute Gasteiger partial charge is 0.246 e. The molecule has 2 aromatic rings. The molecule has 2 amide bonds. The number of anilines is 3. The number of hydrogen-bond acceptors (Lipinski definition) is 8. The Morgan fingerprint density at radius 3 is 2.83 bits per heavy atom. The molecule has 1 aliphatic carbocycles. The molecule has 10 heteroatoms. The van der Waals surface area contributed by atoms with Gasteiger partial charge in [-0.1, -0.05) is 24.0 Å². The van der Waals surface area contributed by atoms with Gasteiger partial charge < -0.3 is 25.8 Å². The van der Waals surface area contributed by atoms with Crippen LogP contribution >= 0.6 is 0 Å². The lowest BCUT2D eigenvalue weighted by atomic mass is 10.1. The Morgan fingerprint density at radius 2 is 2.05 bits per heavy atom. The first-order chi connectivity index (χ1) is 19.3. The van der Waals surface area contributed by atoms with E-state index >= 15 is 0 Å². The van der Waals surface area contributed by atoms with Gasteiger partial charge in [-0.25, -0.2) is 4.98 Å². The standard InChI is InChI=1S/C30H38N8O2/c1-21(38(4)27(39)10-8-16-37(2)3)29(40)32-15-7-5-6-9-23-20-33-30(36-28(23)34-25-13-14-25)35-26-12-11-22-18-31-19-24(22)17-26/h8,10-12,17,19-21,25H,5,7,13-16,18H2,1-4H3,(H,32,40)(H2,33,34,35,36)/b10-8+/t21-/m0/s1. The van der Waals surface area contributed by atoms with Gasteiger partial charge in [0.1, 0.15) is 11.9 Å². The number of hydrogen-bond donors (Lipinski definition) is 3. The molecule has 0 spiro atoms. The first-order valence-electron chi connectivity index (χ1n) is 13.7. The summed E-state index contributed by atoms with van der Waals surface area (Å²) < 4.78 is 0. The maximum Gasteiger partial charge on any atom is 0.246 e. The van der Waals surface area contributed by atoms with Crippen molar-refractivity contribution in [3.8, 4) is 11.8 Å². The van der Waals surface area contributed by atoms with Crippen molar-refractivity contribution < 1.29 is 9.59 Å². The maximum absolute atomic E-state index is 12.5. The molecule has 0 radical (unpaired) electrons. The van der Waals surface area contributed by atoms with E-state index in [4.69, 9.17) is 4.98 Å². The Labute approximate surface area is 236 Å². The number of aromatic nitrogens is 2. The normalized spacial score (nSPS) is 14.4. The van der Waals surface area contributed by atoms with E-state index in [1.54, 1.807) is 26.2 Å². The minimum Gasteiger partial charge on any atom is -0.366 e. The van der Waals surface area contributed by atoms with Crippen LogP contribution in [0.25, 0.3) is 0 Å². The summed E-state index contributed by atoms with van der Waals surface area (Å²) in [6.45, 7) is 3.60. The zero-order valence-corrected chi connectivity index (χ0v) is 23.7. The number of nitrogens with one attached hydrogen (secondary N) is 3. The molecule has 10 nitrogen and oxygen atoms in total. The predicted octanol–water partition coefficient (Wildman–Crippen LogP) is 2.94. The minimum absolute atomic E-state index is 0.187. The number of carbonyl (C=O) groups excluding carboxylic acids is 2. The summed E-state index contributed by atoms with van der Waals surface area (Å²) in [4.78, 5) is 41.6. The van der Waals surface area contributed by atoms with E-state index in [0.29, 0.717) is 37.9 Å². The van der Waals surface area contributed by atoms with Crippen LogP contribution in [-0.2, 0) is 16.1 Å². The van der Waals surface area contributed by atoms with Crippen molar-refractivity contribution in [3.05, 3.63) is 53.2 Å². The quantitative estimate of drug-likeness (QED) is 0.215. The molecule has 0 unspecified atom stereocenters. The van der Waals surface area contributed by atoms with E-state index < -0.39 is 6.04 Å². The van der Waals surface area contributed by atoms with Gasteiger partial charge in [0, 0.05) is 50.6 Å². The number of amides is 2. The third-order valence-electron chi connectivity index (χ3n) is 6.64. The fourth-order valence-electron chi connectivity index (χ4n) is 3.92. The van der Waals surface area contributed by atoms with Gasteiger partial charge in [0.2, 0.25) is 17.8 Å². The average molecular weight is 543 g/mol. The number of likely N-dealkylation sites (N-methyl/N-ethyl adjacent to an activating group) is 2. The van der Waals surface area contributed by atoms with Crippen molar-refractivity contribution in [2.45, 2.75) is 51.2 Å². The highest BCUT2D eigenvalue weighted by molar-refractivity contribution is 5.92. The Balaban J connectivity index is 1.26. The SMILES string of the molecule is C[C@@H](C(=O)NCCCC#Cc1cnc(Nc2ccc3c(c2)C=NC3)nc1NC1CC1)N(C)C(=O)/C=C/CN(C)C. The molecule has 2 aliphatic rings. The Kier molecular flexibility index (Phi) is 9.86. The summed E-state index contributed by atoms with van der Waals surface area (Å²) in [5, 5.41) is 9.64. The van der Waals surface area contributed by atoms with Crippen LogP contribution in [-0.4, -0.2) is 84.1 Å². The third-order valence-corrected chi connectivity index (χ3v) is 6.64. The second kappa shape index (κ2) is 13.7. The maximum atomic E-state index is 12.5. The number of aliphatic imine (C=N–C) groups is 1. The van der Waals surface area contributed by atoms with Crippen LogP contribution < -0.4 is 16.0 Å². The van der Waals surface area contributed by atoms with Crippen molar-refractivity contribution in [3.63, 3.8) is 0 Å². The molecule has 4 rings (SSSR count). The zero-order valence-electron chi connectivity index (χ0n) is 23.7. The van der Waals surface area contributed by atoms with Crippen molar-refractivity contribution in [1.82, 2.24) is 25.1 Å². The molecule has 1 fully saturated rings. The summed E-state index contributed by atoms with van der Waals surface area (Å²) in [5.41, 5.74) is 3.99. The summed E-state index contributed by atoms with van der Waals surface area (Å²) in [6, 6.07) is 5.99. The molecule has 0 bridgehead atoms. The second-order valence-electron chi connectivity index (χ2n) is 10.4. The fraction of sp³-hybridized carbons (Fsp3) is 0.433. The highest BCUT2D eigenvalue weighted by Gasteiger charge is 2.23. The third kappa shape index (κ3) is 8.38. The van der Waals surface area contributed by atoms with Crippen LogP contribution in [0.2, 0.25) is 0 Å². The van der Waals surface area contributed by atoms with Gasteiger partial charge in [-0.05, 0) is 63.5 Å². The minimum atomic E-state index is -0.562. The molecule has 1 aromatic heterocycles. The van der Waals surface area contributed by atoms with Crippen molar-refractivity contribution in [2.24, 2.45) is 4.99 Å². The first kappa shape index (κ1) is 28.8. The summed E-state index contributed by atoms with van der Waals surface area (Å²) >= 11 is 0. The van der Waals surface area contributed by atoms with Gasteiger partial charge in [0.25, 0.3) is 0 Å². The van der Waals surface area contributed by atoms with Crippen LogP contribution in [0.3, 0.4) is 0 Å². The van der Waals surface area contributed by atoms with Gasteiger partial charge in [-0.3, -0.25) is 14.6 Å². The van der Waals surface area contributed by atoms with Gasteiger partial charge >= 0.3 is 0 Å². The molecule has 1 aliphatic heterocycles. The van der Waals surface area contributed by atoms with Gasteiger partial charge in [-0.2, -0.15) is 4.98 Å². The van der Waals surface area contributed by atoms with Gasteiger partial charge in [0.15, 0.2) is 0 Å². The van der Waals surface area contributed by atoms with Crippen molar-refractivity contribution >= 4 is 35.5 Å². The molecule has 1 aromatic carbocycles. The highest BCUT2D eigenvalue weighted by Crippen LogP contribution is 2.27. The Morgan fingerprint density at radius 1 is 1.23 bits per heavy atom. The zero-order chi connectivity index (χ0) is 28.5. The summed E-state index contributed by atoms with van der Waals surface area (Å²) in [7, 11) is 5.49. The van der Waals surface area contributed by atoms with Crippen molar-refractivity contribution in [2.75, 3.05) is 44.9 Å². The number of fused-ring (bicyclic) bond motifs is 1. The summed E-state index contributed by atoms with van der Waals surface area (Å²) in [5.74, 6) is 7.21. The van der Waals surface area contributed by atoms with E-state index in [1.165, 1.54) is 16.5 Å². The largest absolute Gasteiger partial charge is 0.366 e. The lowest BCUT2D eigenvalue weighted by Crippen LogP contribution is -2.45. The van der Waals surface area contributed by atoms with E-state index in [0.717, 1.165) is 42.0 Å². The van der Waals surface area contributed by atoms with Crippen LogP contribution in [0.5, 0.6) is 0 Å². The van der Waals surface area contributed by atoms with E-state index in [2.05, 4.69) is 49.9 Å². The number of carbonyl (C=O) groups is 2. The summed E-state index contributed by atoms with van der Waals surface area (Å²) in [6.07, 6.45) is 10.5.